The van der Waals surface area contributed by atoms with E-state index >= 15 is 0 Å². The molecule has 2 atom stereocenters. The van der Waals surface area contributed by atoms with Crippen molar-refractivity contribution in [2.24, 2.45) is 0 Å². The van der Waals surface area contributed by atoms with E-state index in [1.54, 1.807) is 12.5 Å². The zero-order valence-corrected chi connectivity index (χ0v) is 17.5. The first kappa shape index (κ1) is 20.0. The van der Waals surface area contributed by atoms with E-state index in [9.17, 15) is 4.79 Å². The molecule has 0 saturated heterocycles. The zero-order chi connectivity index (χ0) is 20.9. The van der Waals surface area contributed by atoms with Gasteiger partial charge in [0.15, 0.2) is 11.0 Å². The minimum atomic E-state index is -0.353. The van der Waals surface area contributed by atoms with Gasteiger partial charge < -0.3 is 9.73 Å². The number of benzene rings is 2. The Morgan fingerprint density at radius 1 is 1.00 bits per heavy atom. The topological polar surface area (TPSA) is 73.0 Å². The molecular formula is C23H22N4O2S. The van der Waals surface area contributed by atoms with Gasteiger partial charge in [0.05, 0.1) is 23.1 Å². The van der Waals surface area contributed by atoms with Crippen LogP contribution in [0, 0.1) is 0 Å². The van der Waals surface area contributed by atoms with Crippen molar-refractivity contribution in [3.8, 4) is 11.4 Å². The number of nitrogens with zero attached hydrogens (tertiary/aromatic N) is 3. The van der Waals surface area contributed by atoms with Gasteiger partial charge in [0.2, 0.25) is 5.91 Å². The predicted molar refractivity (Wildman–Crippen MR) is 118 cm³/mol. The molecule has 0 fully saturated rings. The van der Waals surface area contributed by atoms with Crippen molar-refractivity contribution in [2.75, 3.05) is 5.32 Å². The summed E-state index contributed by atoms with van der Waals surface area (Å²) < 4.78 is 7.31. The molecule has 4 aromatic rings. The van der Waals surface area contributed by atoms with E-state index < -0.39 is 0 Å². The molecule has 2 heterocycles. The largest absolute Gasteiger partial charge is 0.472 e. The van der Waals surface area contributed by atoms with E-state index in [4.69, 9.17) is 4.42 Å². The molecule has 4 rings (SSSR count). The quantitative estimate of drug-likeness (QED) is 0.414. The van der Waals surface area contributed by atoms with E-state index in [1.807, 2.05) is 61.5 Å². The summed E-state index contributed by atoms with van der Waals surface area (Å²) in [6.07, 6.45) is 3.27. The number of carbonyl (C=O) groups excluding carboxylic acids is 1. The minimum Gasteiger partial charge on any atom is -0.472 e. The molecule has 7 heteroatoms. The Kier molecular flexibility index (Phi) is 5.99. The number of para-hydroxylation sites is 1. The number of hydrogen-bond acceptors (Lipinski definition) is 5. The average Bonchev–Trinajstić information content (AvgIpc) is 3.44. The lowest BCUT2D eigenvalue weighted by Crippen LogP contribution is -2.23. The van der Waals surface area contributed by atoms with E-state index in [0.29, 0.717) is 11.0 Å². The molecule has 30 heavy (non-hydrogen) atoms. The fourth-order valence-corrected chi connectivity index (χ4v) is 4.08. The summed E-state index contributed by atoms with van der Waals surface area (Å²) in [6.45, 7) is 3.97. The third-order valence-corrected chi connectivity index (χ3v) is 5.86. The average molecular weight is 419 g/mol. The first-order valence-electron chi connectivity index (χ1n) is 9.68. The summed E-state index contributed by atoms with van der Waals surface area (Å²) in [5.74, 6) is 0.622. The molecule has 0 saturated carbocycles. The number of amides is 1. The Labute approximate surface area is 179 Å². The summed E-state index contributed by atoms with van der Waals surface area (Å²) in [7, 11) is 0. The van der Waals surface area contributed by atoms with Gasteiger partial charge in [0.25, 0.3) is 0 Å². The van der Waals surface area contributed by atoms with Gasteiger partial charge >= 0.3 is 0 Å². The second-order valence-electron chi connectivity index (χ2n) is 6.89. The molecular weight excluding hydrogens is 396 g/mol. The minimum absolute atomic E-state index is 0.0158. The molecule has 0 radical (unpaired) electrons. The van der Waals surface area contributed by atoms with E-state index in [2.05, 4.69) is 39.1 Å². The highest BCUT2D eigenvalue weighted by Crippen LogP contribution is 2.33. The summed E-state index contributed by atoms with van der Waals surface area (Å²) in [5, 5.41) is 12.1. The van der Waals surface area contributed by atoms with Crippen LogP contribution in [0.25, 0.3) is 11.4 Å². The molecule has 0 bridgehead atoms. The van der Waals surface area contributed by atoms with Crippen LogP contribution in [0.4, 0.5) is 5.69 Å². The number of hydrogen-bond donors (Lipinski definition) is 1. The van der Waals surface area contributed by atoms with Gasteiger partial charge in [-0.05, 0) is 37.6 Å². The number of rotatable bonds is 7. The number of anilines is 1. The number of nitrogens with one attached hydrogen (secondary N) is 1. The highest BCUT2D eigenvalue weighted by molar-refractivity contribution is 8.00. The number of furan rings is 1. The van der Waals surface area contributed by atoms with Gasteiger partial charge in [-0.1, -0.05) is 60.3 Å². The summed E-state index contributed by atoms with van der Waals surface area (Å²) in [5.41, 5.74) is 2.75. The van der Waals surface area contributed by atoms with Crippen LogP contribution in [-0.4, -0.2) is 25.9 Å². The molecule has 0 spiro atoms. The summed E-state index contributed by atoms with van der Waals surface area (Å²) >= 11 is 1.39. The van der Waals surface area contributed by atoms with Gasteiger partial charge in [-0.15, -0.1) is 10.2 Å². The van der Waals surface area contributed by atoms with Crippen molar-refractivity contribution in [1.29, 1.82) is 0 Å². The fraction of sp³-hybridized carbons (Fsp3) is 0.174. The van der Waals surface area contributed by atoms with Gasteiger partial charge in [0, 0.05) is 5.69 Å². The lowest BCUT2D eigenvalue weighted by molar-refractivity contribution is -0.115. The van der Waals surface area contributed by atoms with Gasteiger partial charge in [-0.25, -0.2) is 0 Å². The monoisotopic (exact) mass is 418 g/mol. The van der Waals surface area contributed by atoms with Crippen molar-refractivity contribution >= 4 is 23.4 Å². The maximum Gasteiger partial charge on any atom is 0.237 e. The van der Waals surface area contributed by atoms with Crippen molar-refractivity contribution in [1.82, 2.24) is 14.8 Å². The molecule has 0 aliphatic carbocycles. The molecule has 0 aliphatic rings. The molecule has 1 N–H and O–H groups in total. The Morgan fingerprint density at radius 2 is 1.70 bits per heavy atom. The van der Waals surface area contributed by atoms with Crippen molar-refractivity contribution in [3.05, 3.63) is 84.8 Å². The van der Waals surface area contributed by atoms with E-state index in [0.717, 1.165) is 16.8 Å². The lowest BCUT2D eigenvalue weighted by Gasteiger charge is -2.19. The maximum absolute atomic E-state index is 12.7. The Hall–Kier alpha value is -3.32. The summed E-state index contributed by atoms with van der Waals surface area (Å²) in [4.78, 5) is 12.7. The maximum atomic E-state index is 12.7. The molecule has 6 nitrogen and oxygen atoms in total. The number of thioether (sulfide) groups is 1. The van der Waals surface area contributed by atoms with Crippen LogP contribution in [0.5, 0.6) is 0 Å². The van der Waals surface area contributed by atoms with Gasteiger partial charge in [0.1, 0.15) is 6.26 Å². The van der Waals surface area contributed by atoms with E-state index in [-0.39, 0.29) is 17.2 Å². The number of carbonyl (C=O) groups is 1. The molecule has 2 unspecified atom stereocenters. The second kappa shape index (κ2) is 9.00. The van der Waals surface area contributed by atoms with Gasteiger partial charge in [-0.2, -0.15) is 0 Å². The third kappa shape index (κ3) is 4.31. The smallest absolute Gasteiger partial charge is 0.237 e. The summed E-state index contributed by atoms with van der Waals surface area (Å²) in [6, 6.07) is 21.4. The van der Waals surface area contributed by atoms with Crippen LogP contribution >= 0.6 is 11.8 Å². The Bertz CT molecular complexity index is 1090. The molecule has 0 aliphatic heterocycles. The van der Waals surface area contributed by atoms with Crippen LogP contribution < -0.4 is 5.32 Å². The molecule has 2 aromatic carbocycles. The fourth-order valence-electron chi connectivity index (χ4n) is 3.15. The molecule has 1 amide bonds. The highest BCUT2D eigenvalue weighted by Gasteiger charge is 2.24. The third-order valence-electron chi connectivity index (χ3n) is 4.81. The second-order valence-corrected chi connectivity index (χ2v) is 8.20. The van der Waals surface area contributed by atoms with Crippen LogP contribution in [0.15, 0.2) is 88.8 Å². The predicted octanol–water partition coefficient (Wildman–Crippen LogP) is 5.27. The normalized spacial score (nSPS) is 13.0. The number of aromatic nitrogens is 3. The van der Waals surface area contributed by atoms with Gasteiger partial charge in [-0.3, -0.25) is 9.36 Å². The van der Waals surface area contributed by atoms with Crippen LogP contribution in [0.3, 0.4) is 0 Å². The SMILES string of the molecule is CC(Sc1nnc(-c2ccoc2)n1C(C)c1ccccc1)C(=O)Nc1ccccc1. The van der Waals surface area contributed by atoms with Crippen molar-refractivity contribution in [3.63, 3.8) is 0 Å². The van der Waals surface area contributed by atoms with Crippen LogP contribution in [0.1, 0.15) is 25.5 Å². The Morgan fingerprint density at radius 3 is 2.37 bits per heavy atom. The zero-order valence-electron chi connectivity index (χ0n) is 16.7. The molecule has 152 valence electrons. The Balaban J connectivity index is 1.62. The van der Waals surface area contributed by atoms with Crippen molar-refractivity contribution < 1.29 is 9.21 Å². The highest BCUT2D eigenvalue weighted by atomic mass is 32.2. The molecule has 2 aromatic heterocycles. The van der Waals surface area contributed by atoms with Crippen LogP contribution in [0.2, 0.25) is 0 Å². The van der Waals surface area contributed by atoms with Crippen molar-refractivity contribution in [2.45, 2.75) is 30.3 Å². The lowest BCUT2D eigenvalue weighted by atomic mass is 10.1. The first-order chi connectivity index (χ1) is 14.6. The van der Waals surface area contributed by atoms with E-state index in [1.165, 1.54) is 11.8 Å². The van der Waals surface area contributed by atoms with Crippen LogP contribution in [-0.2, 0) is 4.79 Å². The standard InChI is InChI=1S/C23H22N4O2S/c1-16(18-9-5-3-6-10-18)27-21(19-13-14-29-15-19)25-26-23(27)30-17(2)22(28)24-20-11-7-4-8-12-20/h3-17H,1-2H3,(H,24,28). The first-order valence-corrected chi connectivity index (χ1v) is 10.6.